The van der Waals surface area contributed by atoms with Crippen molar-refractivity contribution < 1.29 is 8.42 Å². The van der Waals surface area contributed by atoms with Gasteiger partial charge in [0, 0.05) is 17.6 Å². The summed E-state index contributed by atoms with van der Waals surface area (Å²) in [5.74, 6) is 0. The standard InChI is InChI=1S/C16H22N2O2S2/c1-4-5-7-12-15-13(2)18(3)16(21-15)17-22(19,20)14-10-8-6-9-11-14/h6,8-11H,4-5,7,12H2,1-3H3. The Morgan fingerprint density at radius 1 is 1.18 bits per heavy atom. The monoisotopic (exact) mass is 338 g/mol. The number of unbranched alkanes of at least 4 members (excludes halogenated alkanes) is 2. The summed E-state index contributed by atoms with van der Waals surface area (Å²) in [7, 11) is -1.78. The minimum atomic E-state index is -3.65. The van der Waals surface area contributed by atoms with Crippen LogP contribution in [0.4, 0.5) is 0 Å². The van der Waals surface area contributed by atoms with Crippen molar-refractivity contribution in [2.75, 3.05) is 0 Å². The zero-order valence-corrected chi connectivity index (χ0v) is 14.9. The Labute approximate surface area is 136 Å². The number of rotatable bonds is 6. The van der Waals surface area contributed by atoms with Crippen LogP contribution < -0.4 is 4.80 Å². The second-order valence-corrected chi connectivity index (χ2v) is 7.95. The van der Waals surface area contributed by atoms with E-state index < -0.39 is 10.0 Å². The van der Waals surface area contributed by atoms with E-state index in [1.165, 1.54) is 29.1 Å². The first-order chi connectivity index (χ1) is 10.5. The Morgan fingerprint density at radius 2 is 1.86 bits per heavy atom. The van der Waals surface area contributed by atoms with E-state index in [0.717, 1.165) is 18.5 Å². The van der Waals surface area contributed by atoms with Gasteiger partial charge in [0.1, 0.15) is 0 Å². The van der Waals surface area contributed by atoms with Gasteiger partial charge in [-0.1, -0.05) is 38.0 Å². The van der Waals surface area contributed by atoms with Crippen LogP contribution in [0.3, 0.4) is 0 Å². The van der Waals surface area contributed by atoms with Crippen molar-refractivity contribution in [3.8, 4) is 0 Å². The SMILES string of the molecule is CCCCCc1sc(=NS(=O)(=O)c2ccccc2)n(C)c1C. The number of thiazole rings is 1. The minimum absolute atomic E-state index is 0.230. The summed E-state index contributed by atoms with van der Waals surface area (Å²) in [5.41, 5.74) is 1.10. The first-order valence-corrected chi connectivity index (χ1v) is 9.72. The van der Waals surface area contributed by atoms with Crippen molar-refractivity contribution in [2.45, 2.75) is 44.4 Å². The van der Waals surface area contributed by atoms with Crippen LogP contribution in [0.25, 0.3) is 0 Å². The summed E-state index contributed by atoms with van der Waals surface area (Å²) in [6.07, 6.45) is 4.48. The summed E-state index contributed by atoms with van der Waals surface area (Å²) in [5, 5.41) is 0. The highest BCUT2D eigenvalue weighted by Crippen LogP contribution is 2.16. The molecule has 0 unspecified atom stereocenters. The average Bonchev–Trinajstić information content (AvgIpc) is 2.76. The summed E-state index contributed by atoms with van der Waals surface area (Å²) in [6.45, 7) is 4.19. The normalized spacial score (nSPS) is 12.8. The van der Waals surface area contributed by atoms with E-state index in [9.17, 15) is 8.42 Å². The summed E-state index contributed by atoms with van der Waals surface area (Å²) < 4.78 is 30.6. The molecule has 0 saturated carbocycles. The number of aromatic nitrogens is 1. The maximum Gasteiger partial charge on any atom is 0.285 e. The molecule has 2 aromatic rings. The first-order valence-electron chi connectivity index (χ1n) is 7.47. The van der Waals surface area contributed by atoms with Crippen molar-refractivity contribution in [1.29, 1.82) is 0 Å². The third kappa shape index (κ3) is 3.87. The van der Waals surface area contributed by atoms with Crippen LogP contribution in [-0.2, 0) is 23.5 Å². The maximum atomic E-state index is 12.4. The Balaban J connectivity index is 2.38. The quantitative estimate of drug-likeness (QED) is 0.758. The van der Waals surface area contributed by atoms with E-state index in [4.69, 9.17) is 0 Å². The van der Waals surface area contributed by atoms with Gasteiger partial charge in [-0.2, -0.15) is 8.42 Å². The largest absolute Gasteiger partial charge is 0.323 e. The van der Waals surface area contributed by atoms with E-state index >= 15 is 0 Å². The van der Waals surface area contributed by atoms with Crippen molar-refractivity contribution >= 4 is 21.4 Å². The van der Waals surface area contributed by atoms with Crippen LogP contribution >= 0.6 is 11.3 Å². The summed E-state index contributed by atoms with van der Waals surface area (Å²) in [6, 6.07) is 8.35. The van der Waals surface area contributed by atoms with Crippen LogP contribution in [0, 0.1) is 6.92 Å². The van der Waals surface area contributed by atoms with Gasteiger partial charge in [-0.15, -0.1) is 15.7 Å². The molecule has 1 heterocycles. The molecule has 6 heteroatoms. The van der Waals surface area contributed by atoms with E-state index in [-0.39, 0.29) is 4.90 Å². The lowest BCUT2D eigenvalue weighted by Crippen LogP contribution is -2.14. The molecule has 1 aromatic carbocycles. The molecule has 0 aliphatic rings. The van der Waals surface area contributed by atoms with Crippen molar-refractivity contribution in [3.63, 3.8) is 0 Å². The van der Waals surface area contributed by atoms with E-state index in [1.807, 2.05) is 18.5 Å². The predicted octanol–water partition coefficient (Wildman–Crippen LogP) is 3.42. The molecule has 1 aromatic heterocycles. The Hall–Kier alpha value is -1.40. The van der Waals surface area contributed by atoms with Crippen molar-refractivity contribution in [1.82, 2.24) is 4.57 Å². The van der Waals surface area contributed by atoms with Gasteiger partial charge in [0.2, 0.25) is 4.80 Å². The molecule has 120 valence electrons. The molecule has 0 radical (unpaired) electrons. The number of aryl methyl sites for hydroxylation is 1. The second-order valence-electron chi connectivity index (χ2n) is 5.29. The van der Waals surface area contributed by atoms with Crippen LogP contribution in [0.5, 0.6) is 0 Å². The lowest BCUT2D eigenvalue weighted by atomic mass is 10.2. The molecule has 0 amide bonds. The van der Waals surface area contributed by atoms with Gasteiger partial charge in [0.05, 0.1) is 4.90 Å². The molecule has 0 bridgehead atoms. The first kappa shape index (κ1) is 17.0. The summed E-state index contributed by atoms with van der Waals surface area (Å²) in [4.78, 5) is 1.99. The fourth-order valence-electron chi connectivity index (χ4n) is 2.18. The summed E-state index contributed by atoms with van der Waals surface area (Å²) >= 11 is 1.48. The smallest absolute Gasteiger partial charge is 0.285 e. The molecule has 0 fully saturated rings. The van der Waals surface area contributed by atoms with Crippen LogP contribution in [0.15, 0.2) is 39.6 Å². The highest BCUT2D eigenvalue weighted by Gasteiger charge is 2.14. The average molecular weight is 338 g/mol. The molecule has 2 rings (SSSR count). The minimum Gasteiger partial charge on any atom is -0.323 e. The highest BCUT2D eigenvalue weighted by atomic mass is 32.2. The predicted molar refractivity (Wildman–Crippen MR) is 90.4 cm³/mol. The number of hydrogen-bond donors (Lipinski definition) is 0. The molecule has 4 nitrogen and oxygen atoms in total. The van der Waals surface area contributed by atoms with Crippen molar-refractivity contribution in [3.05, 3.63) is 45.7 Å². The molecular formula is C16H22N2O2S2. The number of sulfonamides is 1. The molecule has 22 heavy (non-hydrogen) atoms. The third-order valence-corrected chi connectivity index (χ3v) is 6.35. The molecule has 0 N–H and O–H groups in total. The fraction of sp³-hybridized carbons (Fsp3) is 0.438. The van der Waals surface area contributed by atoms with Crippen LogP contribution in [-0.4, -0.2) is 13.0 Å². The lowest BCUT2D eigenvalue weighted by Gasteiger charge is -2.00. The topological polar surface area (TPSA) is 51.4 Å². The molecule has 0 aliphatic carbocycles. The molecule has 0 saturated heterocycles. The van der Waals surface area contributed by atoms with Gasteiger partial charge in [-0.3, -0.25) is 0 Å². The van der Waals surface area contributed by atoms with Gasteiger partial charge in [-0.05, 0) is 31.9 Å². The van der Waals surface area contributed by atoms with Gasteiger partial charge in [0.25, 0.3) is 10.0 Å². The fourth-order valence-corrected chi connectivity index (χ4v) is 4.58. The van der Waals surface area contributed by atoms with E-state index in [1.54, 1.807) is 30.3 Å². The number of nitrogens with zero attached hydrogens (tertiary/aromatic N) is 2. The zero-order chi connectivity index (χ0) is 16.2. The Morgan fingerprint density at radius 3 is 2.50 bits per heavy atom. The maximum absolute atomic E-state index is 12.4. The van der Waals surface area contributed by atoms with Gasteiger partial charge in [0.15, 0.2) is 0 Å². The van der Waals surface area contributed by atoms with Crippen molar-refractivity contribution in [2.24, 2.45) is 11.4 Å². The highest BCUT2D eigenvalue weighted by molar-refractivity contribution is 7.90. The molecule has 0 spiro atoms. The number of hydrogen-bond acceptors (Lipinski definition) is 3. The lowest BCUT2D eigenvalue weighted by molar-refractivity contribution is 0.596. The van der Waals surface area contributed by atoms with Crippen LogP contribution in [0.2, 0.25) is 0 Å². The third-order valence-electron chi connectivity index (χ3n) is 3.65. The van der Waals surface area contributed by atoms with Gasteiger partial charge in [-0.25, -0.2) is 0 Å². The van der Waals surface area contributed by atoms with Gasteiger partial charge < -0.3 is 4.57 Å². The zero-order valence-electron chi connectivity index (χ0n) is 13.2. The van der Waals surface area contributed by atoms with Crippen LogP contribution in [0.1, 0.15) is 36.8 Å². The van der Waals surface area contributed by atoms with E-state index in [0.29, 0.717) is 4.80 Å². The van der Waals surface area contributed by atoms with E-state index in [2.05, 4.69) is 11.3 Å². The second kappa shape index (κ2) is 7.24. The molecular weight excluding hydrogens is 316 g/mol. The van der Waals surface area contributed by atoms with Gasteiger partial charge >= 0.3 is 0 Å². The Bertz CT molecular complexity index is 787. The number of benzene rings is 1. The Kier molecular flexibility index (Phi) is 5.58. The molecule has 0 aliphatic heterocycles. The molecule has 0 atom stereocenters.